The molecule has 0 unspecified atom stereocenters. The molecule has 16 heavy (non-hydrogen) atoms. The Kier molecular flexibility index (Phi) is 2.60. The maximum absolute atomic E-state index is 11.7. The zero-order chi connectivity index (χ0) is 11.7. The molecule has 0 aromatic carbocycles. The van der Waals surface area contributed by atoms with Crippen LogP contribution in [0.2, 0.25) is 0 Å². The Morgan fingerprint density at radius 2 is 2.25 bits per heavy atom. The Morgan fingerprint density at radius 1 is 1.50 bits per heavy atom. The first-order valence-electron chi connectivity index (χ1n) is 5.20. The van der Waals surface area contributed by atoms with Crippen LogP contribution in [0.3, 0.4) is 0 Å². The molecule has 2 rings (SSSR count). The summed E-state index contributed by atoms with van der Waals surface area (Å²) in [6.45, 7) is 3.73. The molecule has 2 aromatic rings. The number of rotatable bonds is 2. The van der Waals surface area contributed by atoms with Crippen molar-refractivity contribution in [1.82, 2.24) is 19.7 Å². The highest BCUT2D eigenvalue weighted by atomic mass is 16.1. The molecular formula is C11H14N4O. The Bertz CT molecular complexity index is 568. The van der Waals surface area contributed by atoms with Crippen LogP contribution in [-0.2, 0) is 13.5 Å². The van der Waals surface area contributed by atoms with Gasteiger partial charge in [-0.1, -0.05) is 6.92 Å². The average molecular weight is 218 g/mol. The summed E-state index contributed by atoms with van der Waals surface area (Å²) in [4.78, 5) is 18.9. The Balaban J connectivity index is 2.64. The molecule has 5 nitrogen and oxygen atoms in total. The predicted molar refractivity (Wildman–Crippen MR) is 61.2 cm³/mol. The first-order valence-corrected chi connectivity index (χ1v) is 5.20. The van der Waals surface area contributed by atoms with Crippen LogP contribution in [0.15, 0.2) is 17.2 Å². The maximum Gasteiger partial charge on any atom is 0.254 e. The normalized spacial score (nSPS) is 10.7. The molecule has 0 saturated carbocycles. The number of aromatic nitrogens is 4. The first kappa shape index (κ1) is 10.6. The van der Waals surface area contributed by atoms with Gasteiger partial charge in [-0.25, -0.2) is 4.98 Å². The molecule has 0 aliphatic rings. The third kappa shape index (κ3) is 1.76. The minimum Gasteiger partial charge on any atom is -0.310 e. The molecule has 0 aliphatic carbocycles. The fraction of sp³-hybridized carbons (Fsp3) is 0.364. The topological polar surface area (TPSA) is 63.6 Å². The van der Waals surface area contributed by atoms with Gasteiger partial charge in [0.15, 0.2) is 0 Å². The van der Waals surface area contributed by atoms with Crippen molar-refractivity contribution in [3.05, 3.63) is 34.1 Å². The van der Waals surface area contributed by atoms with E-state index in [2.05, 4.69) is 15.1 Å². The van der Waals surface area contributed by atoms with Crippen LogP contribution in [0.25, 0.3) is 11.3 Å². The quantitative estimate of drug-likeness (QED) is 0.819. The third-order valence-electron chi connectivity index (χ3n) is 2.51. The SMILES string of the molecule is CCc1nc(-c2cnn(C)c2)c(C)c(=O)[nH]1. The lowest BCUT2D eigenvalue weighted by molar-refractivity contribution is 0.768. The highest BCUT2D eigenvalue weighted by molar-refractivity contribution is 5.60. The number of hydrogen-bond acceptors (Lipinski definition) is 3. The number of aryl methyl sites for hydroxylation is 2. The summed E-state index contributed by atoms with van der Waals surface area (Å²) in [5, 5.41) is 4.08. The first-order chi connectivity index (χ1) is 7.61. The summed E-state index contributed by atoms with van der Waals surface area (Å²) in [5.74, 6) is 0.703. The van der Waals surface area contributed by atoms with Crippen LogP contribution >= 0.6 is 0 Å². The van der Waals surface area contributed by atoms with Crippen molar-refractivity contribution in [1.29, 1.82) is 0 Å². The van der Waals surface area contributed by atoms with Gasteiger partial charge in [0.05, 0.1) is 11.9 Å². The summed E-state index contributed by atoms with van der Waals surface area (Å²) in [7, 11) is 1.84. The van der Waals surface area contributed by atoms with Gasteiger partial charge in [0.25, 0.3) is 5.56 Å². The Labute approximate surface area is 93.2 Å². The van der Waals surface area contributed by atoms with Crippen molar-refractivity contribution in [2.75, 3.05) is 0 Å². The van der Waals surface area contributed by atoms with E-state index in [9.17, 15) is 4.79 Å². The number of hydrogen-bond donors (Lipinski definition) is 1. The van der Waals surface area contributed by atoms with Gasteiger partial charge in [-0.05, 0) is 6.92 Å². The van der Waals surface area contributed by atoms with E-state index in [-0.39, 0.29) is 5.56 Å². The molecule has 5 heteroatoms. The summed E-state index contributed by atoms with van der Waals surface area (Å²) >= 11 is 0. The van der Waals surface area contributed by atoms with Crippen molar-refractivity contribution < 1.29 is 0 Å². The van der Waals surface area contributed by atoms with E-state index in [1.165, 1.54) is 0 Å². The second kappa shape index (κ2) is 3.92. The largest absolute Gasteiger partial charge is 0.310 e. The van der Waals surface area contributed by atoms with E-state index in [0.717, 1.165) is 5.56 Å². The summed E-state index contributed by atoms with van der Waals surface area (Å²) in [5.41, 5.74) is 2.14. The zero-order valence-corrected chi connectivity index (χ0v) is 9.61. The van der Waals surface area contributed by atoms with Crippen LogP contribution in [0, 0.1) is 6.92 Å². The van der Waals surface area contributed by atoms with Crippen LogP contribution in [-0.4, -0.2) is 19.7 Å². The zero-order valence-electron chi connectivity index (χ0n) is 9.61. The lowest BCUT2D eigenvalue weighted by Gasteiger charge is -2.03. The van der Waals surface area contributed by atoms with Gasteiger partial charge in [-0.3, -0.25) is 9.48 Å². The summed E-state index contributed by atoms with van der Waals surface area (Å²) in [6, 6.07) is 0. The van der Waals surface area contributed by atoms with Crippen molar-refractivity contribution >= 4 is 0 Å². The van der Waals surface area contributed by atoms with Crippen molar-refractivity contribution in [2.24, 2.45) is 7.05 Å². The smallest absolute Gasteiger partial charge is 0.254 e. The van der Waals surface area contributed by atoms with E-state index < -0.39 is 0 Å². The van der Waals surface area contributed by atoms with Crippen molar-refractivity contribution in [2.45, 2.75) is 20.3 Å². The number of H-pyrrole nitrogens is 1. The van der Waals surface area contributed by atoms with Gasteiger partial charge < -0.3 is 4.98 Å². The van der Waals surface area contributed by atoms with Crippen molar-refractivity contribution in [3.63, 3.8) is 0 Å². The van der Waals surface area contributed by atoms with Crippen LogP contribution in [0.1, 0.15) is 18.3 Å². The molecule has 0 saturated heterocycles. The highest BCUT2D eigenvalue weighted by Crippen LogP contribution is 2.17. The minimum atomic E-state index is -0.0781. The molecule has 0 fully saturated rings. The van der Waals surface area contributed by atoms with Crippen molar-refractivity contribution in [3.8, 4) is 11.3 Å². The Morgan fingerprint density at radius 3 is 2.81 bits per heavy atom. The molecule has 0 aliphatic heterocycles. The minimum absolute atomic E-state index is 0.0781. The van der Waals surface area contributed by atoms with Crippen LogP contribution < -0.4 is 5.56 Å². The second-order valence-corrected chi connectivity index (χ2v) is 3.74. The van der Waals surface area contributed by atoms with Crippen LogP contribution in [0.5, 0.6) is 0 Å². The average Bonchev–Trinajstić information content (AvgIpc) is 2.68. The lowest BCUT2D eigenvalue weighted by Crippen LogP contribution is -2.15. The second-order valence-electron chi connectivity index (χ2n) is 3.74. The van der Waals surface area contributed by atoms with Gasteiger partial charge in [0.1, 0.15) is 5.82 Å². The van der Waals surface area contributed by atoms with E-state index in [0.29, 0.717) is 23.5 Å². The van der Waals surface area contributed by atoms with Crippen LogP contribution in [0.4, 0.5) is 0 Å². The third-order valence-corrected chi connectivity index (χ3v) is 2.51. The fourth-order valence-electron chi connectivity index (χ4n) is 1.57. The van der Waals surface area contributed by atoms with E-state index in [4.69, 9.17) is 0 Å². The molecule has 0 radical (unpaired) electrons. The fourth-order valence-corrected chi connectivity index (χ4v) is 1.57. The number of aromatic amines is 1. The number of nitrogens with zero attached hydrogens (tertiary/aromatic N) is 3. The van der Waals surface area contributed by atoms with E-state index >= 15 is 0 Å². The standard InChI is InChI=1S/C11H14N4O/c1-4-9-13-10(7(2)11(16)14-9)8-5-12-15(3)6-8/h5-6H,4H2,1-3H3,(H,13,14,16). The maximum atomic E-state index is 11.7. The Hall–Kier alpha value is -1.91. The summed E-state index contributed by atoms with van der Waals surface area (Å²) in [6.07, 6.45) is 4.28. The highest BCUT2D eigenvalue weighted by Gasteiger charge is 2.10. The molecular weight excluding hydrogens is 204 g/mol. The van der Waals surface area contributed by atoms with Gasteiger partial charge >= 0.3 is 0 Å². The summed E-state index contributed by atoms with van der Waals surface area (Å²) < 4.78 is 1.70. The molecule has 1 N–H and O–H groups in total. The lowest BCUT2D eigenvalue weighted by atomic mass is 10.1. The van der Waals surface area contributed by atoms with Gasteiger partial charge in [-0.15, -0.1) is 0 Å². The van der Waals surface area contributed by atoms with E-state index in [1.807, 2.05) is 20.2 Å². The molecule has 2 heterocycles. The predicted octanol–water partition coefficient (Wildman–Crippen LogP) is 1.04. The molecule has 0 bridgehead atoms. The molecule has 0 spiro atoms. The van der Waals surface area contributed by atoms with Gasteiger partial charge in [0.2, 0.25) is 0 Å². The monoisotopic (exact) mass is 218 g/mol. The van der Waals surface area contributed by atoms with Gasteiger partial charge in [0, 0.05) is 30.8 Å². The van der Waals surface area contributed by atoms with Gasteiger partial charge in [-0.2, -0.15) is 5.10 Å². The molecule has 84 valence electrons. The molecule has 2 aromatic heterocycles. The molecule has 0 atom stereocenters. The van der Waals surface area contributed by atoms with E-state index in [1.54, 1.807) is 17.8 Å². The molecule has 0 amide bonds. The number of nitrogens with one attached hydrogen (secondary N) is 1.